The van der Waals surface area contributed by atoms with Crippen LogP contribution in [-0.4, -0.2) is 35.6 Å². The smallest absolute Gasteiger partial charge is 0.232 e. The summed E-state index contributed by atoms with van der Waals surface area (Å²) < 4.78 is 0. The molecule has 1 amide bonds. The first-order valence-electron chi connectivity index (χ1n) is 6.96. The summed E-state index contributed by atoms with van der Waals surface area (Å²) in [6.45, 7) is 5.58. The molecule has 0 aliphatic carbocycles. The van der Waals surface area contributed by atoms with Gasteiger partial charge in [-0.1, -0.05) is 24.3 Å². The van der Waals surface area contributed by atoms with Crippen LogP contribution in [0.4, 0.5) is 0 Å². The van der Waals surface area contributed by atoms with Crippen molar-refractivity contribution in [1.29, 1.82) is 0 Å². The van der Waals surface area contributed by atoms with Crippen LogP contribution in [0.25, 0.3) is 0 Å². The van der Waals surface area contributed by atoms with Gasteiger partial charge in [0.1, 0.15) is 0 Å². The molecule has 1 aromatic rings. The monoisotopic (exact) mass is 293 g/mol. The van der Waals surface area contributed by atoms with Crippen LogP contribution >= 0.6 is 11.6 Å². The first kappa shape index (κ1) is 15.0. The van der Waals surface area contributed by atoms with Crippen LogP contribution in [0, 0.1) is 0 Å². The summed E-state index contributed by atoms with van der Waals surface area (Å²) in [6, 6.07) is 7.21. The highest BCUT2D eigenvalue weighted by Crippen LogP contribution is 2.27. The first-order chi connectivity index (χ1) is 9.46. The van der Waals surface area contributed by atoms with Crippen molar-refractivity contribution in [3.63, 3.8) is 0 Å². The molecule has 3 nitrogen and oxygen atoms in total. The molecule has 0 spiro atoms. The van der Waals surface area contributed by atoms with Gasteiger partial charge >= 0.3 is 0 Å². The Morgan fingerprint density at radius 2 is 1.70 bits per heavy atom. The van der Waals surface area contributed by atoms with E-state index in [1.807, 2.05) is 30.9 Å². The maximum Gasteiger partial charge on any atom is 0.232 e. The van der Waals surface area contributed by atoms with Crippen molar-refractivity contribution in [3.8, 4) is 0 Å². The molecule has 1 heterocycles. The van der Waals surface area contributed by atoms with Crippen molar-refractivity contribution in [2.75, 3.05) is 19.0 Å². The highest BCUT2D eigenvalue weighted by molar-refractivity contribution is 6.30. The van der Waals surface area contributed by atoms with Gasteiger partial charge in [0, 0.05) is 18.7 Å². The topological polar surface area (TPSA) is 37.4 Å². The quantitative estimate of drug-likeness (QED) is 0.632. The van der Waals surface area contributed by atoms with E-state index in [0.717, 1.165) is 31.5 Å². The van der Waals surface area contributed by atoms with Crippen LogP contribution in [-0.2, 0) is 10.2 Å². The summed E-state index contributed by atoms with van der Waals surface area (Å²) in [5.41, 5.74) is 0.959. The molecule has 0 unspecified atom stereocenters. The van der Waals surface area contributed by atoms with Crippen molar-refractivity contribution < 1.29 is 9.59 Å². The van der Waals surface area contributed by atoms with Crippen LogP contribution in [0.15, 0.2) is 24.3 Å². The summed E-state index contributed by atoms with van der Waals surface area (Å²) in [7, 11) is 0. The summed E-state index contributed by atoms with van der Waals surface area (Å²) in [4.78, 5) is 26.0. The number of carbonyl (C=O) groups excluding carboxylic acids is 2. The average Bonchev–Trinajstić information content (AvgIpc) is 2.99. The van der Waals surface area contributed by atoms with Crippen LogP contribution < -0.4 is 0 Å². The fraction of sp³-hybridized carbons (Fsp3) is 0.500. The number of Topliss-reactive ketones (excluding diaryl/α,β-unsaturated/α-hetero) is 1. The number of benzene rings is 1. The Labute approximate surface area is 124 Å². The van der Waals surface area contributed by atoms with Crippen LogP contribution in [0.2, 0.25) is 0 Å². The number of nitrogens with zero attached hydrogens (tertiary/aromatic N) is 1. The molecule has 1 aliphatic rings. The molecule has 0 bridgehead atoms. The molecule has 0 saturated carbocycles. The Morgan fingerprint density at radius 1 is 1.15 bits per heavy atom. The van der Waals surface area contributed by atoms with Gasteiger partial charge in [-0.3, -0.25) is 9.59 Å². The maximum atomic E-state index is 12.6. The van der Waals surface area contributed by atoms with E-state index in [9.17, 15) is 9.59 Å². The van der Waals surface area contributed by atoms with Gasteiger partial charge in [-0.05, 0) is 32.3 Å². The van der Waals surface area contributed by atoms with E-state index in [1.165, 1.54) is 0 Å². The normalized spacial score (nSPS) is 15.4. The number of rotatable bonds is 4. The minimum atomic E-state index is -0.563. The predicted octanol–water partition coefficient (Wildman–Crippen LogP) is 3.01. The molecular formula is C16H20ClNO2. The van der Waals surface area contributed by atoms with Crippen LogP contribution in [0.1, 0.15) is 42.6 Å². The number of alkyl halides is 1. The highest BCUT2D eigenvalue weighted by Gasteiger charge is 2.34. The third kappa shape index (κ3) is 2.88. The van der Waals surface area contributed by atoms with Gasteiger partial charge in [0.25, 0.3) is 0 Å². The molecule has 1 fully saturated rings. The lowest BCUT2D eigenvalue weighted by Gasteiger charge is -2.29. The lowest BCUT2D eigenvalue weighted by atomic mass is 9.82. The van der Waals surface area contributed by atoms with Gasteiger partial charge in [-0.2, -0.15) is 0 Å². The van der Waals surface area contributed by atoms with Gasteiger partial charge in [0.2, 0.25) is 5.91 Å². The second-order valence-electron chi connectivity index (χ2n) is 5.76. The van der Waals surface area contributed by atoms with Crippen LogP contribution in [0.5, 0.6) is 0 Å². The van der Waals surface area contributed by atoms with Gasteiger partial charge < -0.3 is 4.90 Å². The van der Waals surface area contributed by atoms with E-state index in [1.54, 1.807) is 12.1 Å². The molecule has 0 N–H and O–H groups in total. The van der Waals surface area contributed by atoms with Gasteiger partial charge in [-0.15, -0.1) is 11.6 Å². The standard InChI is InChI=1S/C16H20ClNO2/c1-16(2,15(20)18-9-3-4-10-18)13-7-5-12(6-8-13)14(19)11-17/h5-8H,3-4,9-11H2,1-2H3. The van der Waals surface area contributed by atoms with Gasteiger partial charge in [-0.25, -0.2) is 0 Å². The second-order valence-corrected chi connectivity index (χ2v) is 6.03. The Hall–Kier alpha value is -1.35. The number of hydrogen-bond donors (Lipinski definition) is 0. The summed E-state index contributed by atoms with van der Waals surface area (Å²) in [6.07, 6.45) is 2.18. The molecule has 1 aliphatic heterocycles. The minimum Gasteiger partial charge on any atom is -0.342 e. The molecule has 4 heteroatoms. The Balaban J connectivity index is 2.20. The zero-order valence-corrected chi connectivity index (χ0v) is 12.7. The summed E-state index contributed by atoms with van der Waals surface area (Å²) in [5, 5.41) is 0. The fourth-order valence-corrected chi connectivity index (χ4v) is 2.74. The number of amides is 1. The summed E-state index contributed by atoms with van der Waals surface area (Å²) >= 11 is 5.54. The number of hydrogen-bond acceptors (Lipinski definition) is 2. The second kappa shape index (κ2) is 5.96. The molecule has 20 heavy (non-hydrogen) atoms. The third-order valence-electron chi connectivity index (χ3n) is 3.98. The van der Waals surface area contributed by atoms with Gasteiger partial charge in [0.05, 0.1) is 11.3 Å². The van der Waals surface area contributed by atoms with E-state index in [4.69, 9.17) is 11.6 Å². The van der Waals surface area contributed by atoms with E-state index in [-0.39, 0.29) is 17.6 Å². The third-order valence-corrected chi connectivity index (χ3v) is 4.22. The highest BCUT2D eigenvalue weighted by atomic mass is 35.5. The number of likely N-dealkylation sites (tertiary alicyclic amines) is 1. The molecule has 0 atom stereocenters. The molecular weight excluding hydrogens is 274 g/mol. The largest absolute Gasteiger partial charge is 0.342 e. The molecule has 1 saturated heterocycles. The van der Waals surface area contributed by atoms with Crippen molar-refractivity contribution in [2.24, 2.45) is 0 Å². The number of halogens is 1. The molecule has 0 radical (unpaired) electrons. The maximum absolute atomic E-state index is 12.6. The lowest BCUT2D eigenvalue weighted by Crippen LogP contribution is -2.41. The predicted molar refractivity (Wildman–Crippen MR) is 80.3 cm³/mol. The molecule has 108 valence electrons. The van der Waals surface area contributed by atoms with Crippen molar-refractivity contribution in [3.05, 3.63) is 35.4 Å². The zero-order valence-electron chi connectivity index (χ0n) is 12.0. The SMILES string of the molecule is CC(C)(C(=O)N1CCCC1)c1ccc(C(=O)CCl)cc1. The zero-order chi connectivity index (χ0) is 14.8. The van der Waals surface area contributed by atoms with E-state index < -0.39 is 5.41 Å². The average molecular weight is 294 g/mol. The van der Waals surface area contributed by atoms with Crippen molar-refractivity contribution in [2.45, 2.75) is 32.1 Å². The number of ketones is 1. The van der Waals surface area contributed by atoms with E-state index in [2.05, 4.69) is 0 Å². The van der Waals surface area contributed by atoms with Crippen LogP contribution in [0.3, 0.4) is 0 Å². The molecule has 1 aromatic carbocycles. The lowest BCUT2D eigenvalue weighted by molar-refractivity contribution is -0.135. The Morgan fingerprint density at radius 3 is 2.20 bits per heavy atom. The van der Waals surface area contributed by atoms with E-state index >= 15 is 0 Å². The number of carbonyl (C=O) groups is 2. The van der Waals surface area contributed by atoms with Crippen molar-refractivity contribution >= 4 is 23.3 Å². The first-order valence-corrected chi connectivity index (χ1v) is 7.49. The van der Waals surface area contributed by atoms with Crippen molar-refractivity contribution in [1.82, 2.24) is 4.90 Å². The fourth-order valence-electron chi connectivity index (χ4n) is 2.59. The molecule has 2 rings (SSSR count). The van der Waals surface area contributed by atoms with E-state index in [0.29, 0.717) is 5.56 Å². The van der Waals surface area contributed by atoms with Gasteiger partial charge in [0.15, 0.2) is 5.78 Å². The minimum absolute atomic E-state index is 0.0184. The summed E-state index contributed by atoms with van der Waals surface area (Å²) in [5.74, 6) is 0.0448. The Kier molecular flexibility index (Phi) is 4.48. The Bertz CT molecular complexity index is 502. The molecule has 0 aromatic heterocycles.